The highest BCUT2D eigenvalue weighted by Crippen LogP contribution is 2.33. The van der Waals surface area contributed by atoms with Crippen molar-refractivity contribution in [1.82, 2.24) is 0 Å². The van der Waals surface area contributed by atoms with E-state index in [2.05, 4.69) is 0 Å². The fourth-order valence-electron chi connectivity index (χ4n) is 0.955. The van der Waals surface area contributed by atoms with Gasteiger partial charge in [0.1, 0.15) is 5.82 Å². The molecule has 1 rings (SSSR count). The summed E-state index contributed by atoms with van der Waals surface area (Å²) in [6.07, 6.45) is -4.83. The van der Waals surface area contributed by atoms with Crippen LogP contribution in [-0.4, -0.2) is 5.91 Å². The second kappa shape index (κ2) is 3.95. The van der Waals surface area contributed by atoms with Gasteiger partial charge in [0.05, 0.1) is 11.1 Å². The number of rotatable bonds is 1. The van der Waals surface area contributed by atoms with Crippen molar-refractivity contribution >= 4 is 28.5 Å². The van der Waals surface area contributed by atoms with E-state index in [4.69, 9.17) is 5.73 Å². The van der Waals surface area contributed by atoms with Crippen LogP contribution >= 0.6 is 22.6 Å². The standard InChI is InChI=1S/C8H4F4INO/c9-5-2-6(13)3(7(14)15)1-4(5)8(10,11)12/h1-2H,(H2,14,15). The summed E-state index contributed by atoms with van der Waals surface area (Å²) in [5, 5.41) is 0. The molecule has 1 aromatic carbocycles. The molecule has 1 amide bonds. The van der Waals surface area contributed by atoms with Crippen LogP contribution in [0.25, 0.3) is 0 Å². The molecular weight excluding hydrogens is 329 g/mol. The summed E-state index contributed by atoms with van der Waals surface area (Å²) in [5.74, 6) is -2.44. The Kier molecular flexibility index (Phi) is 3.22. The SMILES string of the molecule is NC(=O)c1cc(C(F)(F)F)c(F)cc1I. The van der Waals surface area contributed by atoms with Gasteiger partial charge in [0, 0.05) is 3.57 Å². The van der Waals surface area contributed by atoms with Gasteiger partial charge in [-0.15, -0.1) is 0 Å². The van der Waals surface area contributed by atoms with Gasteiger partial charge in [-0.05, 0) is 34.7 Å². The van der Waals surface area contributed by atoms with Crippen LogP contribution in [0.3, 0.4) is 0 Å². The van der Waals surface area contributed by atoms with Crippen molar-refractivity contribution in [3.05, 3.63) is 32.6 Å². The van der Waals surface area contributed by atoms with E-state index in [1.54, 1.807) is 0 Å². The fraction of sp³-hybridized carbons (Fsp3) is 0.125. The molecule has 0 heterocycles. The first kappa shape index (κ1) is 12.2. The lowest BCUT2D eigenvalue weighted by Gasteiger charge is -2.10. The van der Waals surface area contributed by atoms with Crippen LogP contribution in [0.1, 0.15) is 15.9 Å². The highest BCUT2D eigenvalue weighted by molar-refractivity contribution is 14.1. The number of amides is 1. The lowest BCUT2D eigenvalue weighted by molar-refractivity contribution is -0.140. The number of halogens is 5. The normalized spacial score (nSPS) is 11.5. The minimum Gasteiger partial charge on any atom is -0.366 e. The average Bonchev–Trinajstić information content (AvgIpc) is 2.00. The quantitative estimate of drug-likeness (QED) is 0.623. The maximum absolute atomic E-state index is 12.9. The molecule has 0 radical (unpaired) electrons. The van der Waals surface area contributed by atoms with Gasteiger partial charge in [-0.2, -0.15) is 13.2 Å². The van der Waals surface area contributed by atoms with E-state index in [-0.39, 0.29) is 9.13 Å². The zero-order chi connectivity index (χ0) is 11.8. The van der Waals surface area contributed by atoms with Crippen LogP contribution in [0, 0.1) is 9.39 Å². The lowest BCUT2D eigenvalue weighted by Crippen LogP contribution is -2.16. The number of primary amides is 1. The predicted molar refractivity (Wildman–Crippen MR) is 52.6 cm³/mol. The zero-order valence-corrected chi connectivity index (χ0v) is 9.19. The van der Waals surface area contributed by atoms with Crippen molar-refractivity contribution < 1.29 is 22.4 Å². The first-order valence-electron chi connectivity index (χ1n) is 3.59. The summed E-state index contributed by atoms with van der Waals surface area (Å²) in [5.41, 5.74) is 3.01. The summed E-state index contributed by atoms with van der Waals surface area (Å²) in [7, 11) is 0. The van der Waals surface area contributed by atoms with Gasteiger partial charge >= 0.3 is 6.18 Å². The van der Waals surface area contributed by atoms with E-state index < -0.39 is 23.5 Å². The number of hydrogen-bond donors (Lipinski definition) is 1. The fourth-order valence-corrected chi connectivity index (χ4v) is 1.65. The zero-order valence-electron chi connectivity index (χ0n) is 7.03. The third kappa shape index (κ3) is 2.58. The van der Waals surface area contributed by atoms with Crippen LogP contribution in [0.15, 0.2) is 12.1 Å². The average molecular weight is 333 g/mol. The Morgan fingerprint density at radius 3 is 2.27 bits per heavy atom. The molecule has 0 aromatic heterocycles. The van der Waals surface area contributed by atoms with E-state index in [0.29, 0.717) is 12.1 Å². The third-order valence-corrected chi connectivity index (χ3v) is 2.52. The molecule has 0 spiro atoms. The number of hydrogen-bond acceptors (Lipinski definition) is 1. The molecule has 7 heteroatoms. The van der Waals surface area contributed by atoms with Crippen molar-refractivity contribution in [3.8, 4) is 0 Å². The highest BCUT2D eigenvalue weighted by atomic mass is 127. The summed E-state index contributed by atoms with van der Waals surface area (Å²) < 4.78 is 49.6. The molecule has 1 aromatic rings. The maximum atomic E-state index is 12.9. The van der Waals surface area contributed by atoms with Crippen LogP contribution < -0.4 is 5.73 Å². The van der Waals surface area contributed by atoms with Crippen molar-refractivity contribution in [3.63, 3.8) is 0 Å². The Balaban J connectivity index is 3.43. The summed E-state index contributed by atoms with van der Waals surface area (Å²) in [4.78, 5) is 10.7. The van der Waals surface area contributed by atoms with Gasteiger partial charge in [-0.1, -0.05) is 0 Å². The van der Waals surface area contributed by atoms with Crippen LogP contribution in [0.5, 0.6) is 0 Å². The highest BCUT2D eigenvalue weighted by Gasteiger charge is 2.35. The van der Waals surface area contributed by atoms with Gasteiger partial charge in [0.2, 0.25) is 5.91 Å². The Morgan fingerprint density at radius 2 is 1.87 bits per heavy atom. The monoisotopic (exact) mass is 333 g/mol. The molecule has 0 saturated carbocycles. The number of carbonyl (C=O) groups excluding carboxylic acids is 1. The van der Waals surface area contributed by atoms with Gasteiger partial charge in [0.15, 0.2) is 0 Å². The number of benzene rings is 1. The largest absolute Gasteiger partial charge is 0.419 e. The number of carbonyl (C=O) groups is 1. The van der Waals surface area contributed by atoms with Crippen molar-refractivity contribution in [2.24, 2.45) is 5.73 Å². The van der Waals surface area contributed by atoms with Crippen molar-refractivity contribution in [2.45, 2.75) is 6.18 Å². The van der Waals surface area contributed by atoms with Crippen molar-refractivity contribution in [2.75, 3.05) is 0 Å². The maximum Gasteiger partial charge on any atom is 0.419 e. The molecule has 0 aliphatic heterocycles. The summed E-state index contributed by atoms with van der Waals surface area (Å²) >= 11 is 1.54. The predicted octanol–water partition coefficient (Wildman–Crippen LogP) is 2.55. The Hall–Kier alpha value is -0.860. The molecule has 0 atom stereocenters. The Morgan fingerprint density at radius 1 is 1.33 bits per heavy atom. The molecule has 0 unspecified atom stereocenters. The minimum atomic E-state index is -4.83. The first-order valence-corrected chi connectivity index (χ1v) is 4.67. The molecule has 0 fully saturated rings. The van der Waals surface area contributed by atoms with Crippen LogP contribution in [-0.2, 0) is 6.18 Å². The Bertz CT molecular complexity index is 416. The second-order valence-electron chi connectivity index (χ2n) is 2.67. The Labute approximate surface area is 95.6 Å². The summed E-state index contributed by atoms with van der Waals surface area (Å²) in [6, 6.07) is 1.04. The molecule has 2 N–H and O–H groups in total. The van der Waals surface area contributed by atoms with E-state index in [1.807, 2.05) is 0 Å². The molecule has 0 aliphatic carbocycles. The number of alkyl halides is 3. The molecule has 0 saturated heterocycles. The topological polar surface area (TPSA) is 43.1 Å². The van der Waals surface area contributed by atoms with Crippen LogP contribution in [0.2, 0.25) is 0 Å². The van der Waals surface area contributed by atoms with E-state index >= 15 is 0 Å². The van der Waals surface area contributed by atoms with Gasteiger partial charge in [-0.3, -0.25) is 4.79 Å². The van der Waals surface area contributed by atoms with E-state index in [9.17, 15) is 22.4 Å². The molecule has 2 nitrogen and oxygen atoms in total. The van der Waals surface area contributed by atoms with Gasteiger partial charge in [-0.25, -0.2) is 4.39 Å². The second-order valence-corrected chi connectivity index (χ2v) is 3.84. The van der Waals surface area contributed by atoms with E-state index in [0.717, 1.165) is 0 Å². The van der Waals surface area contributed by atoms with Gasteiger partial charge in [0.25, 0.3) is 0 Å². The molecular formula is C8H4F4INO. The molecule has 0 aliphatic rings. The lowest BCUT2D eigenvalue weighted by atomic mass is 10.1. The smallest absolute Gasteiger partial charge is 0.366 e. The van der Waals surface area contributed by atoms with E-state index in [1.165, 1.54) is 22.6 Å². The minimum absolute atomic E-state index is 0.0469. The molecule has 0 bridgehead atoms. The van der Waals surface area contributed by atoms with Crippen LogP contribution in [0.4, 0.5) is 17.6 Å². The van der Waals surface area contributed by atoms with Gasteiger partial charge < -0.3 is 5.73 Å². The summed E-state index contributed by atoms with van der Waals surface area (Å²) in [6.45, 7) is 0. The molecule has 82 valence electrons. The molecule has 15 heavy (non-hydrogen) atoms. The van der Waals surface area contributed by atoms with Crippen molar-refractivity contribution in [1.29, 1.82) is 0 Å². The number of nitrogens with two attached hydrogens (primary N) is 1. The first-order chi connectivity index (χ1) is 6.73. The third-order valence-electron chi connectivity index (χ3n) is 1.63.